The molecule has 0 unspecified atom stereocenters. The van der Waals surface area contributed by atoms with E-state index >= 15 is 0 Å². The second kappa shape index (κ2) is 2.87. The van der Waals surface area contributed by atoms with Gasteiger partial charge >= 0.3 is 0 Å². The normalized spacial score (nSPS) is 26.4. The van der Waals surface area contributed by atoms with E-state index in [4.69, 9.17) is 0 Å². The first-order valence-electron chi connectivity index (χ1n) is 2.85. The van der Waals surface area contributed by atoms with Crippen molar-refractivity contribution in [1.82, 2.24) is 0 Å². The summed E-state index contributed by atoms with van der Waals surface area (Å²) in [6, 6.07) is 0. The smallest absolute Gasteiger partial charge is 0.101 e. The third-order valence-corrected chi connectivity index (χ3v) is 2.10. The zero-order valence-corrected chi connectivity index (χ0v) is 6.40. The summed E-state index contributed by atoms with van der Waals surface area (Å²) in [5.41, 5.74) is 1.24. The van der Waals surface area contributed by atoms with Gasteiger partial charge in [0.1, 0.15) is 5.04 Å². The van der Waals surface area contributed by atoms with Crippen LogP contribution in [0.25, 0.3) is 0 Å². The molecule has 0 spiro atoms. The number of nitrogens with zero attached hydrogens (tertiary/aromatic N) is 1. The van der Waals surface area contributed by atoms with Crippen molar-refractivity contribution in [2.45, 2.75) is 6.92 Å². The molecular weight excluding hydrogens is 130 g/mol. The Morgan fingerprint density at radius 3 is 2.89 bits per heavy atom. The first-order chi connectivity index (χ1) is 4.38. The summed E-state index contributed by atoms with van der Waals surface area (Å²) >= 11 is 1.68. The Morgan fingerprint density at radius 2 is 2.44 bits per heavy atom. The Balaban J connectivity index is 2.84. The zero-order chi connectivity index (χ0) is 6.69. The first-order valence-corrected chi connectivity index (χ1v) is 3.73. The van der Waals surface area contributed by atoms with Crippen LogP contribution in [-0.2, 0) is 0 Å². The molecule has 0 aromatic carbocycles. The van der Waals surface area contributed by atoms with Gasteiger partial charge in [0.25, 0.3) is 0 Å². The number of thioether (sulfide) groups is 1. The van der Waals surface area contributed by atoms with Gasteiger partial charge in [-0.05, 0) is 18.4 Å². The molecule has 0 N–H and O–H groups in total. The highest BCUT2D eigenvalue weighted by molar-refractivity contribution is 8.17. The topological polar surface area (TPSA) is 12.4 Å². The molecule has 0 atom stereocenters. The third kappa shape index (κ3) is 1.24. The molecule has 1 rings (SSSR count). The van der Waals surface area contributed by atoms with Crippen molar-refractivity contribution in [2.24, 2.45) is 4.99 Å². The highest BCUT2D eigenvalue weighted by atomic mass is 32.2. The van der Waals surface area contributed by atoms with E-state index in [9.17, 15) is 0 Å². The number of aliphatic imine (C=N–C) groups is 1. The minimum Gasteiger partial charge on any atom is -0.281 e. The summed E-state index contributed by atoms with van der Waals surface area (Å²) in [4.78, 5) is 4.09. The summed E-state index contributed by atoms with van der Waals surface area (Å²) in [7, 11) is 1.82. The lowest BCUT2D eigenvalue weighted by molar-refractivity contribution is 1.46. The van der Waals surface area contributed by atoms with Crippen LogP contribution < -0.4 is 0 Å². The van der Waals surface area contributed by atoms with Gasteiger partial charge in [0.15, 0.2) is 0 Å². The van der Waals surface area contributed by atoms with Gasteiger partial charge in [0, 0.05) is 12.6 Å². The molecule has 0 amide bonds. The fraction of sp³-hybridized carbons (Fsp3) is 0.286. The van der Waals surface area contributed by atoms with E-state index in [1.165, 1.54) is 5.57 Å². The first kappa shape index (κ1) is 6.62. The molecule has 0 aromatic heterocycles. The molecule has 0 aliphatic carbocycles. The van der Waals surface area contributed by atoms with Crippen molar-refractivity contribution < 1.29 is 0 Å². The molecule has 0 saturated carbocycles. The molecule has 1 nitrogen and oxygen atoms in total. The fourth-order valence-electron chi connectivity index (χ4n) is 0.713. The monoisotopic (exact) mass is 139 g/mol. The Morgan fingerprint density at radius 1 is 1.67 bits per heavy atom. The summed E-state index contributed by atoms with van der Waals surface area (Å²) in [5, 5.41) is 3.18. The molecule has 1 aliphatic heterocycles. The number of hydrogen-bond acceptors (Lipinski definition) is 2. The van der Waals surface area contributed by atoms with Crippen LogP contribution in [0.4, 0.5) is 0 Å². The second-order valence-electron chi connectivity index (χ2n) is 1.69. The maximum absolute atomic E-state index is 4.09. The SMILES string of the molecule is C/C=C1/C=CSC1=NC. The van der Waals surface area contributed by atoms with Crippen LogP contribution in [0.15, 0.2) is 28.1 Å². The maximum atomic E-state index is 4.09. The third-order valence-electron chi connectivity index (χ3n) is 1.19. The van der Waals surface area contributed by atoms with E-state index < -0.39 is 0 Å². The maximum Gasteiger partial charge on any atom is 0.101 e. The van der Waals surface area contributed by atoms with Gasteiger partial charge in [0.2, 0.25) is 0 Å². The molecule has 0 fully saturated rings. The molecule has 1 aliphatic rings. The predicted molar refractivity (Wildman–Crippen MR) is 43.8 cm³/mol. The highest BCUT2D eigenvalue weighted by Gasteiger charge is 2.06. The van der Waals surface area contributed by atoms with Crippen molar-refractivity contribution in [3.8, 4) is 0 Å². The molecular formula is C7H9NS. The minimum absolute atomic E-state index is 1.12. The van der Waals surface area contributed by atoms with Crippen molar-refractivity contribution >= 4 is 16.8 Å². The molecule has 0 radical (unpaired) electrons. The van der Waals surface area contributed by atoms with Crippen LogP contribution in [0, 0.1) is 0 Å². The van der Waals surface area contributed by atoms with E-state index in [1.807, 2.05) is 14.0 Å². The van der Waals surface area contributed by atoms with Gasteiger partial charge in [-0.25, -0.2) is 0 Å². The van der Waals surface area contributed by atoms with Crippen LogP contribution in [-0.4, -0.2) is 12.1 Å². The molecule has 0 saturated heterocycles. The van der Waals surface area contributed by atoms with Crippen molar-refractivity contribution in [3.05, 3.63) is 23.1 Å². The molecule has 0 bridgehead atoms. The van der Waals surface area contributed by atoms with Crippen LogP contribution in [0.1, 0.15) is 6.92 Å². The summed E-state index contributed by atoms with van der Waals surface area (Å²) in [6.07, 6.45) is 4.14. The Bertz CT molecular complexity index is 189. The highest BCUT2D eigenvalue weighted by Crippen LogP contribution is 2.22. The van der Waals surface area contributed by atoms with Crippen LogP contribution in [0.2, 0.25) is 0 Å². The lowest BCUT2D eigenvalue weighted by Gasteiger charge is -1.92. The van der Waals surface area contributed by atoms with Crippen molar-refractivity contribution in [2.75, 3.05) is 7.05 Å². The lowest BCUT2D eigenvalue weighted by Crippen LogP contribution is -1.86. The molecule has 2 heteroatoms. The van der Waals surface area contributed by atoms with Crippen molar-refractivity contribution in [3.63, 3.8) is 0 Å². The van der Waals surface area contributed by atoms with E-state index in [1.54, 1.807) is 11.8 Å². The largest absolute Gasteiger partial charge is 0.281 e. The quantitative estimate of drug-likeness (QED) is 0.501. The summed E-state index contributed by atoms with van der Waals surface area (Å²) in [6.45, 7) is 2.02. The molecule has 0 aromatic rings. The van der Waals surface area contributed by atoms with E-state index in [0.29, 0.717) is 0 Å². The minimum atomic E-state index is 1.12. The molecule has 9 heavy (non-hydrogen) atoms. The van der Waals surface area contributed by atoms with E-state index in [2.05, 4.69) is 22.6 Å². The number of rotatable bonds is 0. The molecule has 1 heterocycles. The number of hydrogen-bond donors (Lipinski definition) is 0. The van der Waals surface area contributed by atoms with Gasteiger partial charge in [-0.15, -0.1) is 0 Å². The van der Waals surface area contributed by atoms with E-state index in [-0.39, 0.29) is 0 Å². The van der Waals surface area contributed by atoms with E-state index in [0.717, 1.165) is 5.04 Å². The Kier molecular flexibility index (Phi) is 2.11. The summed E-state index contributed by atoms with van der Waals surface area (Å²) < 4.78 is 0. The standard InChI is InChI=1S/C7H9NS/c1-3-6-4-5-9-7(6)8-2/h3-5H,1-2H3/b6-3-,8-7?. The lowest BCUT2D eigenvalue weighted by atomic mass is 10.3. The van der Waals surface area contributed by atoms with Crippen LogP contribution in [0.5, 0.6) is 0 Å². The average molecular weight is 139 g/mol. The van der Waals surface area contributed by atoms with Gasteiger partial charge in [0.05, 0.1) is 0 Å². The van der Waals surface area contributed by atoms with Gasteiger partial charge < -0.3 is 0 Å². The number of allylic oxidation sites excluding steroid dienone is 2. The molecule has 48 valence electrons. The fourth-order valence-corrected chi connectivity index (χ4v) is 1.48. The average Bonchev–Trinajstić information content (AvgIpc) is 2.33. The van der Waals surface area contributed by atoms with Crippen molar-refractivity contribution in [1.29, 1.82) is 0 Å². The Hall–Kier alpha value is -0.500. The van der Waals surface area contributed by atoms with Crippen LogP contribution in [0.3, 0.4) is 0 Å². The van der Waals surface area contributed by atoms with Gasteiger partial charge in [-0.1, -0.05) is 17.8 Å². The second-order valence-corrected chi connectivity index (χ2v) is 2.59. The summed E-state index contributed by atoms with van der Waals surface area (Å²) in [5.74, 6) is 0. The van der Waals surface area contributed by atoms with Gasteiger partial charge in [-0.2, -0.15) is 0 Å². The predicted octanol–water partition coefficient (Wildman–Crippen LogP) is 2.22. The van der Waals surface area contributed by atoms with Gasteiger partial charge in [-0.3, -0.25) is 4.99 Å². The van der Waals surface area contributed by atoms with Crippen LogP contribution >= 0.6 is 11.8 Å². The zero-order valence-electron chi connectivity index (χ0n) is 5.59. The Labute approximate surface area is 59.6 Å².